The number of aromatic nitrogens is 1. The molecular formula is C10H11IN2. The van der Waals surface area contributed by atoms with Crippen LogP contribution in [0.25, 0.3) is 10.9 Å². The van der Waals surface area contributed by atoms with Gasteiger partial charge in [0.25, 0.3) is 0 Å². The van der Waals surface area contributed by atoms with Gasteiger partial charge in [-0.3, -0.25) is 2.78 Å². The zero-order valence-electron chi connectivity index (χ0n) is 7.20. The van der Waals surface area contributed by atoms with Gasteiger partial charge in [-0.2, -0.15) is 0 Å². The van der Waals surface area contributed by atoms with Gasteiger partial charge >= 0.3 is 0 Å². The number of nitrogens with zero attached hydrogens (tertiary/aromatic N) is 1. The first kappa shape index (κ1) is 9.02. The Hall–Kier alpha value is -0.550. The van der Waals surface area contributed by atoms with Crippen molar-refractivity contribution in [2.45, 2.75) is 6.42 Å². The minimum atomic E-state index is 0.713. The molecule has 0 unspecified atom stereocenters. The van der Waals surface area contributed by atoms with Crippen molar-refractivity contribution in [3.8, 4) is 0 Å². The van der Waals surface area contributed by atoms with Gasteiger partial charge in [-0.15, -0.1) is 0 Å². The normalized spacial score (nSPS) is 10.9. The van der Waals surface area contributed by atoms with E-state index in [2.05, 4.69) is 56.1 Å². The van der Waals surface area contributed by atoms with E-state index in [1.807, 2.05) is 0 Å². The van der Waals surface area contributed by atoms with E-state index in [9.17, 15) is 0 Å². The first-order valence-electron chi connectivity index (χ1n) is 4.28. The van der Waals surface area contributed by atoms with E-state index >= 15 is 0 Å². The monoisotopic (exact) mass is 286 g/mol. The van der Waals surface area contributed by atoms with Gasteiger partial charge in [-0.1, -0.05) is 18.2 Å². The van der Waals surface area contributed by atoms with Crippen LogP contribution < -0.4 is 5.73 Å². The average Bonchev–Trinajstić information content (AvgIpc) is 2.46. The van der Waals surface area contributed by atoms with Crippen molar-refractivity contribution in [3.63, 3.8) is 0 Å². The summed E-state index contributed by atoms with van der Waals surface area (Å²) < 4.78 is 2.12. The third-order valence-electron chi connectivity index (χ3n) is 2.16. The molecule has 3 heteroatoms. The van der Waals surface area contributed by atoms with Crippen LogP contribution in [0.1, 0.15) is 5.56 Å². The zero-order valence-corrected chi connectivity index (χ0v) is 9.36. The molecule has 0 radical (unpaired) electrons. The zero-order chi connectivity index (χ0) is 9.26. The van der Waals surface area contributed by atoms with Crippen molar-refractivity contribution in [1.29, 1.82) is 0 Å². The van der Waals surface area contributed by atoms with Crippen LogP contribution in [-0.2, 0) is 6.42 Å². The smallest absolute Gasteiger partial charge is 0.0640 e. The van der Waals surface area contributed by atoms with Gasteiger partial charge in [0.1, 0.15) is 0 Å². The highest BCUT2D eigenvalue weighted by atomic mass is 127. The van der Waals surface area contributed by atoms with E-state index < -0.39 is 0 Å². The summed E-state index contributed by atoms with van der Waals surface area (Å²) in [6, 6.07) is 8.40. The summed E-state index contributed by atoms with van der Waals surface area (Å²) in [5.74, 6) is 0. The summed E-state index contributed by atoms with van der Waals surface area (Å²) in [6.45, 7) is 0.713. The van der Waals surface area contributed by atoms with E-state index in [-0.39, 0.29) is 0 Å². The molecule has 68 valence electrons. The minimum absolute atomic E-state index is 0.713. The Bertz CT molecular complexity index is 420. The molecule has 2 nitrogen and oxygen atoms in total. The molecule has 1 aromatic heterocycles. The molecule has 0 bridgehead atoms. The summed E-state index contributed by atoms with van der Waals surface area (Å²) in [4.78, 5) is 0. The van der Waals surface area contributed by atoms with Crippen molar-refractivity contribution < 1.29 is 0 Å². The van der Waals surface area contributed by atoms with E-state index in [1.54, 1.807) is 0 Å². The Kier molecular flexibility index (Phi) is 2.55. The summed E-state index contributed by atoms with van der Waals surface area (Å²) in [5.41, 5.74) is 8.16. The number of hydrogen-bond donors (Lipinski definition) is 1. The molecule has 2 aromatic rings. The van der Waals surface area contributed by atoms with Gasteiger partial charge in [0.05, 0.1) is 28.4 Å². The molecule has 1 heterocycles. The van der Waals surface area contributed by atoms with Crippen molar-refractivity contribution in [2.75, 3.05) is 6.54 Å². The number of fused-ring (bicyclic) bond motifs is 1. The van der Waals surface area contributed by atoms with Crippen molar-refractivity contribution in [3.05, 3.63) is 36.0 Å². The lowest BCUT2D eigenvalue weighted by Gasteiger charge is -1.93. The van der Waals surface area contributed by atoms with Gasteiger partial charge in [-0.25, -0.2) is 0 Å². The number of rotatable bonds is 2. The van der Waals surface area contributed by atoms with Gasteiger partial charge in [-0.05, 0) is 24.6 Å². The predicted octanol–water partition coefficient (Wildman–Crippen LogP) is 2.34. The lowest BCUT2D eigenvalue weighted by molar-refractivity contribution is 0.976. The van der Waals surface area contributed by atoms with Crippen LogP contribution in [0, 0.1) is 0 Å². The molecule has 1 aromatic carbocycles. The molecule has 0 aliphatic carbocycles. The van der Waals surface area contributed by atoms with Crippen molar-refractivity contribution in [2.24, 2.45) is 5.73 Å². The standard InChI is InChI=1S/C10H11IN2/c11-13-7-8(5-6-12)9-3-1-2-4-10(9)13/h1-4,7H,5-6,12H2. The molecule has 0 aliphatic rings. The summed E-state index contributed by atoms with van der Waals surface area (Å²) in [6.07, 6.45) is 3.11. The molecule has 2 rings (SSSR count). The second kappa shape index (κ2) is 3.67. The fraction of sp³-hybridized carbons (Fsp3) is 0.200. The summed E-state index contributed by atoms with van der Waals surface area (Å²) in [7, 11) is 0. The molecule has 0 aliphatic heterocycles. The maximum Gasteiger partial charge on any atom is 0.0640 e. The second-order valence-corrected chi connectivity index (χ2v) is 4.06. The SMILES string of the molecule is NCCc1cn(I)c2ccccc12. The Balaban J connectivity index is 2.63. The topological polar surface area (TPSA) is 30.9 Å². The quantitative estimate of drug-likeness (QED) is 0.844. The van der Waals surface area contributed by atoms with Crippen LogP contribution in [-0.4, -0.2) is 9.33 Å². The average molecular weight is 286 g/mol. The highest BCUT2D eigenvalue weighted by Gasteiger charge is 2.04. The van der Waals surface area contributed by atoms with Gasteiger partial charge in [0, 0.05) is 11.6 Å². The Morgan fingerprint density at radius 1 is 1.31 bits per heavy atom. The largest absolute Gasteiger partial charge is 0.330 e. The molecule has 2 N–H and O–H groups in total. The third kappa shape index (κ3) is 1.58. The third-order valence-corrected chi connectivity index (χ3v) is 2.96. The van der Waals surface area contributed by atoms with E-state index in [0.29, 0.717) is 6.54 Å². The van der Waals surface area contributed by atoms with Crippen LogP contribution in [0.15, 0.2) is 30.5 Å². The van der Waals surface area contributed by atoms with Crippen LogP contribution >= 0.6 is 22.9 Å². The number of hydrogen-bond acceptors (Lipinski definition) is 1. The Morgan fingerprint density at radius 3 is 2.85 bits per heavy atom. The number of halogens is 1. The number of benzene rings is 1. The number of para-hydroxylation sites is 1. The molecule has 0 saturated carbocycles. The fourth-order valence-electron chi connectivity index (χ4n) is 1.56. The van der Waals surface area contributed by atoms with Gasteiger partial charge < -0.3 is 5.73 Å². The van der Waals surface area contributed by atoms with Crippen molar-refractivity contribution >= 4 is 33.8 Å². The summed E-state index contributed by atoms with van der Waals surface area (Å²) in [5, 5.41) is 1.32. The van der Waals surface area contributed by atoms with Crippen LogP contribution in [0.3, 0.4) is 0 Å². The first-order chi connectivity index (χ1) is 6.33. The van der Waals surface area contributed by atoms with E-state index in [1.165, 1.54) is 16.5 Å². The number of nitrogens with two attached hydrogens (primary N) is 1. The molecule has 0 saturated heterocycles. The molecule has 0 fully saturated rings. The van der Waals surface area contributed by atoms with Gasteiger partial charge in [0.2, 0.25) is 0 Å². The minimum Gasteiger partial charge on any atom is -0.330 e. The van der Waals surface area contributed by atoms with Gasteiger partial charge in [0.15, 0.2) is 0 Å². The fourth-order valence-corrected chi connectivity index (χ4v) is 2.32. The van der Waals surface area contributed by atoms with E-state index in [4.69, 9.17) is 5.73 Å². The molecule has 0 atom stereocenters. The first-order valence-corrected chi connectivity index (χ1v) is 5.24. The summed E-state index contributed by atoms with van der Waals surface area (Å²) >= 11 is 2.29. The van der Waals surface area contributed by atoms with Crippen LogP contribution in [0.4, 0.5) is 0 Å². The Labute approximate surface area is 91.2 Å². The van der Waals surface area contributed by atoms with E-state index in [0.717, 1.165) is 6.42 Å². The molecule has 0 spiro atoms. The maximum atomic E-state index is 5.55. The lowest BCUT2D eigenvalue weighted by Crippen LogP contribution is -2.01. The molecule has 0 amide bonds. The van der Waals surface area contributed by atoms with Crippen LogP contribution in [0.2, 0.25) is 0 Å². The molecular weight excluding hydrogens is 275 g/mol. The second-order valence-electron chi connectivity index (χ2n) is 3.02. The molecule has 13 heavy (non-hydrogen) atoms. The van der Waals surface area contributed by atoms with Crippen molar-refractivity contribution in [1.82, 2.24) is 2.78 Å². The Morgan fingerprint density at radius 2 is 2.08 bits per heavy atom. The maximum absolute atomic E-state index is 5.55. The lowest BCUT2D eigenvalue weighted by atomic mass is 10.1. The highest BCUT2D eigenvalue weighted by molar-refractivity contribution is 14.1. The highest BCUT2D eigenvalue weighted by Crippen LogP contribution is 2.22. The predicted molar refractivity (Wildman–Crippen MR) is 64.1 cm³/mol. The van der Waals surface area contributed by atoms with Crippen LogP contribution in [0.5, 0.6) is 0 Å².